The normalized spacial score (nSPS) is 14.6. The third-order valence-corrected chi connectivity index (χ3v) is 4.07. The van der Waals surface area contributed by atoms with Gasteiger partial charge in [-0.3, -0.25) is 20.0 Å². The van der Waals surface area contributed by atoms with E-state index in [4.69, 9.17) is 0 Å². The zero-order valence-corrected chi connectivity index (χ0v) is 14.5. The highest BCUT2D eigenvalue weighted by molar-refractivity contribution is 6.06. The molecule has 1 fully saturated rings. The molecule has 0 saturated carbocycles. The zero-order chi connectivity index (χ0) is 20.5. The van der Waals surface area contributed by atoms with Crippen LogP contribution in [0.5, 0.6) is 5.75 Å². The first-order chi connectivity index (χ1) is 13.2. The van der Waals surface area contributed by atoms with Gasteiger partial charge < -0.3 is 4.74 Å². The smallest absolute Gasteiger partial charge is 0.418 e. The molecule has 1 N–H and O–H groups in total. The number of urea groups is 1. The summed E-state index contributed by atoms with van der Waals surface area (Å²) in [5, 5.41) is 2.22. The van der Waals surface area contributed by atoms with Crippen LogP contribution in [0.4, 0.5) is 23.7 Å². The van der Waals surface area contributed by atoms with E-state index in [1.807, 2.05) is 0 Å². The molecule has 1 aromatic carbocycles. The van der Waals surface area contributed by atoms with E-state index in [0.29, 0.717) is 16.8 Å². The highest BCUT2D eigenvalue weighted by atomic mass is 19.4. The van der Waals surface area contributed by atoms with Gasteiger partial charge in [0.25, 0.3) is 0 Å². The van der Waals surface area contributed by atoms with E-state index in [0.717, 1.165) is 6.20 Å². The molecular formula is C18H14F3N3O4. The first-order valence-corrected chi connectivity index (χ1v) is 8.12. The van der Waals surface area contributed by atoms with E-state index in [1.165, 1.54) is 17.2 Å². The number of rotatable bonds is 3. The van der Waals surface area contributed by atoms with Crippen LogP contribution in [0.15, 0.2) is 36.7 Å². The van der Waals surface area contributed by atoms with Crippen molar-refractivity contribution in [3.05, 3.63) is 42.2 Å². The number of carbonyl (C=O) groups excluding carboxylic acids is 3. The van der Waals surface area contributed by atoms with Crippen LogP contribution in [0.25, 0.3) is 11.1 Å². The van der Waals surface area contributed by atoms with Crippen molar-refractivity contribution < 1.29 is 32.3 Å². The first kappa shape index (κ1) is 19.3. The number of imide groups is 1. The van der Waals surface area contributed by atoms with Crippen molar-refractivity contribution in [2.75, 3.05) is 11.4 Å². The lowest BCUT2D eigenvalue weighted by molar-refractivity contribution is -0.189. The van der Waals surface area contributed by atoms with Gasteiger partial charge in [-0.25, -0.2) is 9.59 Å². The maximum atomic E-state index is 12.5. The van der Waals surface area contributed by atoms with Gasteiger partial charge in [0.05, 0.1) is 6.20 Å². The topological polar surface area (TPSA) is 88.6 Å². The molecule has 2 heterocycles. The van der Waals surface area contributed by atoms with Crippen LogP contribution in [-0.2, 0) is 9.59 Å². The number of amides is 3. The molecule has 3 amide bonds. The summed E-state index contributed by atoms with van der Waals surface area (Å²) in [6.07, 6.45) is -2.60. The number of hydrogen-bond acceptors (Lipinski definition) is 5. The van der Waals surface area contributed by atoms with Crippen LogP contribution in [0.1, 0.15) is 12.0 Å². The number of hydrogen-bond donors (Lipinski definition) is 1. The molecule has 0 unspecified atom stereocenters. The quantitative estimate of drug-likeness (QED) is 0.810. The fourth-order valence-corrected chi connectivity index (χ4v) is 2.78. The van der Waals surface area contributed by atoms with Gasteiger partial charge >= 0.3 is 18.2 Å². The predicted octanol–water partition coefficient (Wildman–Crippen LogP) is 2.97. The Morgan fingerprint density at radius 3 is 2.64 bits per heavy atom. The Balaban J connectivity index is 1.92. The fourth-order valence-electron chi connectivity index (χ4n) is 2.78. The number of aryl methyl sites for hydroxylation is 1. The standard InChI is InChI=1S/C18H14F3N3O4/c1-10-8-11(2-3-13(10)24-7-5-15(25)23-17(24)27)12-4-6-22-9-14(12)28-16(26)18(19,20)21/h2-4,6,8-9H,5,7H2,1H3,(H,23,25,27). The molecule has 1 aromatic heterocycles. The SMILES string of the molecule is Cc1cc(-c2ccncc2OC(=O)C(F)(F)F)ccc1N1CCC(=O)NC1=O. The molecule has 0 atom stereocenters. The predicted molar refractivity (Wildman–Crippen MR) is 91.6 cm³/mol. The largest absolute Gasteiger partial charge is 0.491 e. The molecule has 2 aromatic rings. The maximum Gasteiger partial charge on any atom is 0.491 e. The van der Waals surface area contributed by atoms with Crippen LogP contribution in [0, 0.1) is 6.92 Å². The van der Waals surface area contributed by atoms with Crippen LogP contribution in [0.2, 0.25) is 0 Å². The second kappa shape index (κ2) is 7.29. The molecule has 1 aliphatic heterocycles. The summed E-state index contributed by atoms with van der Waals surface area (Å²) in [5.74, 6) is -3.04. The number of benzene rings is 1. The van der Waals surface area contributed by atoms with Crippen LogP contribution in [0.3, 0.4) is 0 Å². The van der Waals surface area contributed by atoms with Gasteiger partial charge in [0.2, 0.25) is 5.91 Å². The monoisotopic (exact) mass is 393 g/mol. The van der Waals surface area contributed by atoms with E-state index in [9.17, 15) is 27.6 Å². The molecule has 0 bridgehead atoms. The van der Waals surface area contributed by atoms with E-state index in [2.05, 4.69) is 15.0 Å². The molecule has 1 saturated heterocycles. The zero-order valence-electron chi connectivity index (χ0n) is 14.5. The average Bonchev–Trinajstić information content (AvgIpc) is 2.62. The molecule has 10 heteroatoms. The van der Waals surface area contributed by atoms with Gasteiger partial charge in [-0.1, -0.05) is 6.07 Å². The minimum Gasteiger partial charge on any atom is -0.418 e. The summed E-state index contributed by atoms with van der Waals surface area (Å²) < 4.78 is 41.9. The van der Waals surface area contributed by atoms with Crippen molar-refractivity contribution in [1.29, 1.82) is 0 Å². The molecule has 146 valence electrons. The minimum absolute atomic E-state index is 0.162. The number of anilines is 1. The number of alkyl halides is 3. The van der Waals surface area contributed by atoms with Gasteiger partial charge in [-0.2, -0.15) is 13.2 Å². The third-order valence-electron chi connectivity index (χ3n) is 4.07. The number of carbonyl (C=O) groups is 3. The van der Waals surface area contributed by atoms with E-state index < -0.39 is 18.2 Å². The van der Waals surface area contributed by atoms with Crippen molar-refractivity contribution in [3.8, 4) is 16.9 Å². The van der Waals surface area contributed by atoms with Gasteiger partial charge in [0, 0.05) is 30.4 Å². The minimum atomic E-state index is -5.13. The molecule has 7 nitrogen and oxygen atoms in total. The molecule has 1 aliphatic rings. The summed E-state index contributed by atoms with van der Waals surface area (Å²) in [7, 11) is 0. The molecule has 0 aliphatic carbocycles. The van der Waals surface area contributed by atoms with E-state index in [1.54, 1.807) is 25.1 Å². The number of ether oxygens (including phenoxy) is 1. The molecule has 3 rings (SSSR count). The summed E-state index contributed by atoms with van der Waals surface area (Å²) >= 11 is 0. The lowest BCUT2D eigenvalue weighted by Crippen LogP contribution is -2.49. The summed E-state index contributed by atoms with van der Waals surface area (Å²) in [5.41, 5.74) is 1.91. The van der Waals surface area contributed by atoms with E-state index in [-0.39, 0.29) is 30.2 Å². The maximum absolute atomic E-state index is 12.5. The van der Waals surface area contributed by atoms with Crippen molar-refractivity contribution in [2.24, 2.45) is 0 Å². The number of halogens is 3. The van der Waals surface area contributed by atoms with Gasteiger partial charge in [-0.15, -0.1) is 0 Å². The Kier molecular flexibility index (Phi) is 5.04. The Hall–Kier alpha value is -3.43. The number of aromatic nitrogens is 1. The fraction of sp³-hybridized carbons (Fsp3) is 0.222. The van der Waals surface area contributed by atoms with Crippen molar-refractivity contribution in [3.63, 3.8) is 0 Å². The number of nitrogens with one attached hydrogen (secondary N) is 1. The Morgan fingerprint density at radius 1 is 1.25 bits per heavy atom. The van der Waals surface area contributed by atoms with Crippen molar-refractivity contribution in [1.82, 2.24) is 10.3 Å². The summed E-state index contributed by atoms with van der Waals surface area (Å²) in [6.45, 7) is 1.93. The van der Waals surface area contributed by atoms with E-state index >= 15 is 0 Å². The summed E-state index contributed by atoms with van der Waals surface area (Å²) in [4.78, 5) is 39.5. The summed E-state index contributed by atoms with van der Waals surface area (Å²) in [6, 6.07) is 5.69. The highest BCUT2D eigenvalue weighted by Gasteiger charge is 2.41. The highest BCUT2D eigenvalue weighted by Crippen LogP contribution is 2.34. The Bertz CT molecular complexity index is 959. The van der Waals surface area contributed by atoms with Gasteiger partial charge in [-0.05, 0) is 36.2 Å². The third kappa shape index (κ3) is 3.95. The van der Waals surface area contributed by atoms with Crippen LogP contribution >= 0.6 is 0 Å². The molecule has 0 spiro atoms. The van der Waals surface area contributed by atoms with Crippen LogP contribution in [-0.4, -0.2) is 35.6 Å². The Labute approximate surface area is 157 Å². The number of pyridine rings is 1. The molecule has 28 heavy (non-hydrogen) atoms. The van der Waals surface area contributed by atoms with Crippen molar-refractivity contribution >= 4 is 23.6 Å². The lowest BCUT2D eigenvalue weighted by atomic mass is 10.0. The van der Waals surface area contributed by atoms with Crippen molar-refractivity contribution in [2.45, 2.75) is 19.5 Å². The second-order valence-corrected chi connectivity index (χ2v) is 6.02. The number of esters is 1. The first-order valence-electron chi connectivity index (χ1n) is 8.12. The molecular weight excluding hydrogens is 379 g/mol. The second-order valence-electron chi connectivity index (χ2n) is 6.02. The van der Waals surface area contributed by atoms with Gasteiger partial charge in [0.15, 0.2) is 5.75 Å². The van der Waals surface area contributed by atoms with Gasteiger partial charge in [0.1, 0.15) is 0 Å². The lowest BCUT2D eigenvalue weighted by Gasteiger charge is -2.28. The average molecular weight is 393 g/mol. The Morgan fingerprint density at radius 2 is 2.00 bits per heavy atom. The molecule has 0 radical (unpaired) electrons. The number of nitrogens with zero attached hydrogens (tertiary/aromatic N) is 2. The van der Waals surface area contributed by atoms with Crippen LogP contribution < -0.4 is 15.0 Å².